The van der Waals surface area contributed by atoms with Gasteiger partial charge in [-0.15, -0.1) is 0 Å². The third-order valence-corrected chi connectivity index (χ3v) is 2.71. The summed E-state index contributed by atoms with van der Waals surface area (Å²) in [7, 11) is 0. The molecule has 0 radical (unpaired) electrons. The summed E-state index contributed by atoms with van der Waals surface area (Å²) in [5.74, 6) is -0.188. The number of hydrogen-bond acceptors (Lipinski definition) is 1. The lowest BCUT2D eigenvalue weighted by Gasteiger charge is -2.02. The predicted octanol–water partition coefficient (Wildman–Crippen LogP) is 3.31. The highest BCUT2D eigenvalue weighted by molar-refractivity contribution is 14.1. The third-order valence-electron chi connectivity index (χ3n) is 1.89. The number of benzene rings is 1. The summed E-state index contributed by atoms with van der Waals surface area (Å²) < 4.78 is 13.8. The van der Waals surface area contributed by atoms with Gasteiger partial charge in [0.15, 0.2) is 0 Å². The molecule has 0 saturated carbocycles. The number of alkyl halides is 1. The molecule has 2 aromatic rings. The van der Waals surface area contributed by atoms with Crippen LogP contribution in [0.2, 0.25) is 0 Å². The summed E-state index contributed by atoms with van der Waals surface area (Å²) in [6.07, 6.45) is 1.73. The second-order valence-electron chi connectivity index (χ2n) is 2.77. The molecule has 1 aromatic heterocycles. The minimum Gasteiger partial charge on any atom is -0.256 e. The van der Waals surface area contributed by atoms with E-state index in [9.17, 15) is 4.39 Å². The van der Waals surface area contributed by atoms with Crippen molar-refractivity contribution < 1.29 is 4.39 Å². The van der Waals surface area contributed by atoms with E-state index >= 15 is 0 Å². The zero-order chi connectivity index (χ0) is 9.26. The van der Waals surface area contributed by atoms with Crippen LogP contribution in [0.1, 0.15) is 5.56 Å². The van der Waals surface area contributed by atoms with E-state index in [4.69, 9.17) is 0 Å². The average molecular weight is 287 g/mol. The first-order valence-electron chi connectivity index (χ1n) is 3.90. The summed E-state index contributed by atoms with van der Waals surface area (Å²) in [4.78, 5) is 4.22. The molecule has 0 N–H and O–H groups in total. The zero-order valence-corrected chi connectivity index (χ0v) is 8.95. The fourth-order valence-corrected chi connectivity index (χ4v) is 1.91. The summed E-state index contributed by atoms with van der Waals surface area (Å²) in [5, 5.41) is 0.870. The molecule has 0 aliphatic rings. The molecule has 0 saturated heterocycles. The number of hydrogen-bond donors (Lipinski definition) is 0. The van der Waals surface area contributed by atoms with Crippen molar-refractivity contribution in [3.05, 3.63) is 41.8 Å². The molecule has 0 amide bonds. The van der Waals surface area contributed by atoms with E-state index < -0.39 is 0 Å². The van der Waals surface area contributed by atoms with Crippen molar-refractivity contribution in [2.45, 2.75) is 4.43 Å². The Balaban J connectivity index is 2.81. The van der Waals surface area contributed by atoms with E-state index in [1.165, 1.54) is 6.07 Å². The Kier molecular flexibility index (Phi) is 2.44. The molecule has 0 spiro atoms. The Morgan fingerprint density at radius 2 is 2.23 bits per heavy atom. The van der Waals surface area contributed by atoms with Crippen LogP contribution in [-0.4, -0.2) is 4.98 Å². The largest absolute Gasteiger partial charge is 0.256 e. The van der Waals surface area contributed by atoms with Crippen LogP contribution in [0.4, 0.5) is 4.39 Å². The molecule has 0 fully saturated rings. The second kappa shape index (κ2) is 3.57. The van der Waals surface area contributed by atoms with Gasteiger partial charge in [0.25, 0.3) is 0 Å². The number of nitrogens with zero attached hydrogens (tertiary/aromatic N) is 1. The Morgan fingerprint density at radius 1 is 1.38 bits per heavy atom. The van der Waals surface area contributed by atoms with Gasteiger partial charge in [-0.3, -0.25) is 4.98 Å². The molecule has 2 rings (SSSR count). The minimum absolute atomic E-state index is 0.188. The van der Waals surface area contributed by atoms with E-state index in [1.54, 1.807) is 12.3 Å². The van der Waals surface area contributed by atoms with Crippen LogP contribution >= 0.6 is 22.6 Å². The van der Waals surface area contributed by atoms with Gasteiger partial charge in [-0.2, -0.15) is 0 Å². The first-order chi connectivity index (χ1) is 6.31. The van der Waals surface area contributed by atoms with Crippen LogP contribution in [0.5, 0.6) is 0 Å². The molecule has 1 aromatic carbocycles. The molecular weight excluding hydrogens is 280 g/mol. The maximum absolute atomic E-state index is 13.1. The Labute approximate surface area is 89.1 Å². The molecule has 66 valence electrons. The van der Waals surface area contributed by atoms with Gasteiger partial charge in [0, 0.05) is 16.0 Å². The highest BCUT2D eigenvalue weighted by Gasteiger charge is 2.02. The van der Waals surface area contributed by atoms with Crippen LogP contribution in [0.15, 0.2) is 30.5 Å². The van der Waals surface area contributed by atoms with Crippen molar-refractivity contribution in [1.82, 2.24) is 4.98 Å². The topological polar surface area (TPSA) is 12.9 Å². The van der Waals surface area contributed by atoms with Crippen molar-refractivity contribution in [3.8, 4) is 0 Å². The molecule has 1 heterocycles. The lowest BCUT2D eigenvalue weighted by Crippen LogP contribution is -1.87. The number of halogens is 2. The van der Waals surface area contributed by atoms with Gasteiger partial charge in [-0.25, -0.2) is 4.39 Å². The van der Waals surface area contributed by atoms with Gasteiger partial charge in [0.1, 0.15) is 5.82 Å². The maximum Gasteiger partial charge on any atom is 0.124 e. The van der Waals surface area contributed by atoms with Gasteiger partial charge in [0.2, 0.25) is 0 Å². The molecular formula is C10H7FIN. The Hall–Kier alpha value is -0.710. The molecule has 0 aliphatic carbocycles. The van der Waals surface area contributed by atoms with E-state index in [0.717, 1.165) is 20.9 Å². The lowest BCUT2D eigenvalue weighted by atomic mass is 10.1. The molecule has 0 aliphatic heterocycles. The predicted molar refractivity (Wildman–Crippen MR) is 59.4 cm³/mol. The highest BCUT2D eigenvalue weighted by atomic mass is 127. The quantitative estimate of drug-likeness (QED) is 0.579. The van der Waals surface area contributed by atoms with E-state index in [0.29, 0.717) is 0 Å². The summed E-state index contributed by atoms with van der Waals surface area (Å²) in [6, 6.07) is 6.75. The van der Waals surface area contributed by atoms with E-state index in [2.05, 4.69) is 27.6 Å². The number of pyridine rings is 1. The Bertz CT molecular complexity index is 442. The fraction of sp³-hybridized carbons (Fsp3) is 0.100. The van der Waals surface area contributed by atoms with Gasteiger partial charge >= 0.3 is 0 Å². The van der Waals surface area contributed by atoms with Crippen LogP contribution in [0.25, 0.3) is 10.9 Å². The lowest BCUT2D eigenvalue weighted by molar-refractivity contribution is 0.628. The average Bonchev–Trinajstić information content (AvgIpc) is 2.16. The van der Waals surface area contributed by atoms with Crippen molar-refractivity contribution in [3.63, 3.8) is 0 Å². The molecule has 0 bridgehead atoms. The van der Waals surface area contributed by atoms with Crippen LogP contribution < -0.4 is 0 Å². The van der Waals surface area contributed by atoms with Crippen LogP contribution in [0, 0.1) is 5.82 Å². The first kappa shape index (κ1) is 8.87. The van der Waals surface area contributed by atoms with E-state index in [-0.39, 0.29) is 5.82 Å². The summed E-state index contributed by atoms with van der Waals surface area (Å²) >= 11 is 2.21. The van der Waals surface area contributed by atoms with Gasteiger partial charge in [0.05, 0.1) is 5.52 Å². The Morgan fingerprint density at radius 3 is 3.00 bits per heavy atom. The van der Waals surface area contributed by atoms with Gasteiger partial charge in [-0.1, -0.05) is 28.7 Å². The molecule has 0 unspecified atom stereocenters. The maximum atomic E-state index is 13.1. The highest BCUT2D eigenvalue weighted by Crippen LogP contribution is 2.20. The van der Waals surface area contributed by atoms with Crippen LogP contribution in [0.3, 0.4) is 0 Å². The zero-order valence-electron chi connectivity index (χ0n) is 6.80. The van der Waals surface area contributed by atoms with Gasteiger partial charge < -0.3 is 0 Å². The summed E-state index contributed by atoms with van der Waals surface area (Å²) in [6.45, 7) is 0. The second-order valence-corrected chi connectivity index (χ2v) is 3.54. The van der Waals surface area contributed by atoms with Crippen molar-refractivity contribution in [2.24, 2.45) is 0 Å². The van der Waals surface area contributed by atoms with Crippen molar-refractivity contribution >= 4 is 33.5 Å². The number of rotatable bonds is 1. The van der Waals surface area contributed by atoms with E-state index in [1.807, 2.05) is 12.1 Å². The SMILES string of the molecule is Fc1cc(CI)c2ncccc2c1. The molecule has 3 heteroatoms. The fourth-order valence-electron chi connectivity index (χ4n) is 1.33. The van der Waals surface area contributed by atoms with Crippen molar-refractivity contribution in [1.29, 1.82) is 0 Å². The smallest absolute Gasteiger partial charge is 0.124 e. The van der Waals surface area contributed by atoms with Crippen LogP contribution in [-0.2, 0) is 4.43 Å². The number of aromatic nitrogens is 1. The minimum atomic E-state index is -0.188. The molecule has 0 atom stereocenters. The molecule has 1 nitrogen and oxygen atoms in total. The monoisotopic (exact) mass is 287 g/mol. The first-order valence-corrected chi connectivity index (χ1v) is 5.43. The molecule has 13 heavy (non-hydrogen) atoms. The third kappa shape index (κ3) is 1.65. The van der Waals surface area contributed by atoms with Gasteiger partial charge in [-0.05, 0) is 23.8 Å². The number of fused-ring (bicyclic) bond motifs is 1. The normalized spacial score (nSPS) is 10.6. The summed E-state index contributed by atoms with van der Waals surface area (Å²) in [5.41, 5.74) is 1.86. The standard InChI is InChI=1S/C10H7FIN/c11-9-4-7-2-1-3-13-10(7)8(5-9)6-12/h1-5H,6H2. The van der Waals surface area contributed by atoms with Crippen molar-refractivity contribution in [2.75, 3.05) is 0 Å².